The normalized spacial score (nSPS) is 16.9. The van der Waals surface area contributed by atoms with Crippen LogP contribution in [-0.2, 0) is 20.9 Å². The average Bonchev–Trinajstić information content (AvgIpc) is 3.28. The van der Waals surface area contributed by atoms with Crippen molar-refractivity contribution in [2.45, 2.75) is 32.9 Å². The summed E-state index contributed by atoms with van der Waals surface area (Å²) in [5, 5.41) is 2.67. The van der Waals surface area contributed by atoms with Gasteiger partial charge in [-0.15, -0.1) is 0 Å². The van der Waals surface area contributed by atoms with E-state index in [-0.39, 0.29) is 12.3 Å². The number of rotatable bonds is 8. The molecule has 2 aliphatic heterocycles. The van der Waals surface area contributed by atoms with E-state index in [4.69, 9.17) is 9.47 Å². The number of allylic oxidation sites excluding steroid dienone is 1. The third-order valence-corrected chi connectivity index (χ3v) is 6.95. The van der Waals surface area contributed by atoms with Gasteiger partial charge in [0.05, 0.1) is 30.8 Å². The number of benzene rings is 2. The second-order valence-corrected chi connectivity index (χ2v) is 9.15. The van der Waals surface area contributed by atoms with Gasteiger partial charge in [0.25, 0.3) is 0 Å². The Labute approximate surface area is 210 Å². The molecule has 35 heavy (non-hydrogen) atoms. The molecule has 1 atom stereocenters. The van der Waals surface area contributed by atoms with Gasteiger partial charge in [0.15, 0.2) is 5.17 Å². The highest BCUT2D eigenvalue weighted by atomic mass is 32.2. The van der Waals surface area contributed by atoms with Gasteiger partial charge >= 0.3 is 5.97 Å². The second kappa shape index (κ2) is 10.8. The van der Waals surface area contributed by atoms with Crippen LogP contribution >= 0.6 is 11.8 Å². The molecule has 0 spiro atoms. The van der Waals surface area contributed by atoms with Gasteiger partial charge in [-0.05, 0) is 42.5 Å². The lowest BCUT2D eigenvalue weighted by Crippen LogP contribution is -2.38. The van der Waals surface area contributed by atoms with E-state index in [0.717, 1.165) is 22.0 Å². The highest BCUT2D eigenvalue weighted by molar-refractivity contribution is 8.16. The predicted octanol–water partition coefficient (Wildman–Crippen LogP) is 4.88. The standard InChI is InChI=1S/C27H29N3O4S/c1-5-29(3)23(31)15-21-17-35-27-28-18(2)24(26(32)33-4)25(30(21)27)20-12-9-13-22(14-20)34-16-19-10-7-6-8-11-19/h6-14,17,25H,5,15-16H2,1-4H3. The molecular weight excluding hydrogens is 462 g/mol. The summed E-state index contributed by atoms with van der Waals surface area (Å²) >= 11 is 1.46. The molecule has 2 aromatic rings. The number of aliphatic imine (C=N–C) groups is 1. The first-order chi connectivity index (χ1) is 16.9. The van der Waals surface area contributed by atoms with Gasteiger partial charge in [0, 0.05) is 19.3 Å². The van der Waals surface area contributed by atoms with E-state index in [1.54, 1.807) is 11.9 Å². The molecule has 2 heterocycles. The molecule has 4 rings (SSSR count). The van der Waals surface area contributed by atoms with Gasteiger partial charge in [-0.3, -0.25) is 4.79 Å². The van der Waals surface area contributed by atoms with Gasteiger partial charge in [-0.25, -0.2) is 9.79 Å². The fourth-order valence-electron chi connectivity index (χ4n) is 4.04. The smallest absolute Gasteiger partial charge is 0.338 e. The number of hydrogen-bond donors (Lipinski definition) is 0. The van der Waals surface area contributed by atoms with Gasteiger partial charge in [-0.2, -0.15) is 0 Å². The van der Waals surface area contributed by atoms with E-state index in [2.05, 4.69) is 4.99 Å². The molecule has 0 radical (unpaired) electrons. The fraction of sp³-hybridized carbons (Fsp3) is 0.296. The summed E-state index contributed by atoms with van der Waals surface area (Å²) in [7, 11) is 3.15. The highest BCUT2D eigenvalue weighted by Gasteiger charge is 2.41. The number of nitrogens with zero attached hydrogens (tertiary/aromatic N) is 3. The predicted molar refractivity (Wildman–Crippen MR) is 138 cm³/mol. The van der Waals surface area contributed by atoms with Crippen LogP contribution in [0.3, 0.4) is 0 Å². The largest absolute Gasteiger partial charge is 0.489 e. The third kappa shape index (κ3) is 5.27. The molecule has 0 saturated carbocycles. The van der Waals surface area contributed by atoms with Gasteiger partial charge in [-0.1, -0.05) is 54.2 Å². The Balaban J connectivity index is 1.69. The first kappa shape index (κ1) is 24.6. The quantitative estimate of drug-likeness (QED) is 0.490. The third-order valence-electron chi connectivity index (χ3n) is 6.06. The minimum atomic E-state index is -0.490. The van der Waals surface area contributed by atoms with Gasteiger partial charge < -0.3 is 19.3 Å². The summed E-state index contributed by atoms with van der Waals surface area (Å²) in [6, 6.07) is 17.2. The van der Waals surface area contributed by atoms with Crippen molar-refractivity contribution in [3.8, 4) is 5.75 Å². The number of amidine groups is 1. The molecule has 2 aromatic carbocycles. The molecular formula is C27H29N3O4S. The second-order valence-electron chi connectivity index (χ2n) is 8.32. The Kier molecular flexibility index (Phi) is 7.60. The van der Waals surface area contributed by atoms with Crippen molar-refractivity contribution >= 4 is 28.8 Å². The highest BCUT2D eigenvalue weighted by Crippen LogP contribution is 2.45. The SMILES string of the molecule is CCN(C)C(=O)CC1=CSC2=NC(C)=C(C(=O)OC)C(c3cccc(OCc4ccccc4)c3)N12. The zero-order valence-electron chi connectivity index (χ0n) is 20.4. The van der Waals surface area contributed by atoms with Crippen LogP contribution < -0.4 is 4.74 Å². The summed E-state index contributed by atoms with van der Waals surface area (Å²) in [4.78, 5) is 34.0. The number of esters is 1. The maximum atomic E-state index is 12.9. The number of thioether (sulfide) groups is 1. The maximum absolute atomic E-state index is 12.9. The number of carbonyl (C=O) groups is 2. The van der Waals surface area contributed by atoms with Crippen molar-refractivity contribution in [1.82, 2.24) is 9.80 Å². The van der Waals surface area contributed by atoms with Crippen LogP contribution in [0.5, 0.6) is 5.75 Å². The van der Waals surface area contributed by atoms with E-state index in [1.165, 1.54) is 18.9 Å². The van der Waals surface area contributed by atoms with E-state index in [1.807, 2.05) is 78.8 Å². The van der Waals surface area contributed by atoms with Gasteiger partial charge in [0.2, 0.25) is 5.91 Å². The molecule has 0 bridgehead atoms. The zero-order valence-corrected chi connectivity index (χ0v) is 21.2. The molecule has 0 aliphatic carbocycles. The van der Waals surface area contributed by atoms with Crippen LogP contribution in [0.4, 0.5) is 0 Å². The Bertz CT molecular complexity index is 1210. The molecule has 2 aliphatic rings. The minimum absolute atomic E-state index is 0.00480. The van der Waals surface area contributed by atoms with E-state index in [0.29, 0.717) is 30.2 Å². The van der Waals surface area contributed by atoms with Crippen molar-refractivity contribution in [3.63, 3.8) is 0 Å². The number of fused-ring (bicyclic) bond motifs is 1. The van der Waals surface area contributed by atoms with Crippen molar-refractivity contribution < 1.29 is 19.1 Å². The van der Waals surface area contributed by atoms with Crippen LogP contribution in [0.25, 0.3) is 0 Å². The van der Waals surface area contributed by atoms with E-state index in [9.17, 15) is 9.59 Å². The molecule has 0 saturated heterocycles. The average molecular weight is 492 g/mol. The van der Waals surface area contributed by atoms with Crippen LogP contribution in [0.15, 0.2) is 82.0 Å². The van der Waals surface area contributed by atoms with Crippen molar-refractivity contribution in [1.29, 1.82) is 0 Å². The number of hydrogen-bond acceptors (Lipinski definition) is 7. The van der Waals surface area contributed by atoms with Crippen LogP contribution in [0.1, 0.15) is 37.4 Å². The molecule has 8 heteroatoms. The van der Waals surface area contributed by atoms with E-state index < -0.39 is 12.0 Å². The van der Waals surface area contributed by atoms with Crippen LogP contribution in [0, 0.1) is 0 Å². The number of methoxy groups -OCH3 is 1. The number of ether oxygens (including phenoxy) is 2. The zero-order chi connectivity index (χ0) is 24.9. The Morgan fingerprint density at radius 3 is 2.63 bits per heavy atom. The lowest BCUT2D eigenvalue weighted by atomic mass is 9.93. The maximum Gasteiger partial charge on any atom is 0.338 e. The monoisotopic (exact) mass is 491 g/mol. The molecule has 0 aromatic heterocycles. The number of carbonyl (C=O) groups excluding carboxylic acids is 2. The fourth-order valence-corrected chi connectivity index (χ4v) is 5.00. The van der Waals surface area contributed by atoms with Crippen LogP contribution in [0.2, 0.25) is 0 Å². The molecule has 182 valence electrons. The van der Waals surface area contributed by atoms with Gasteiger partial charge in [0.1, 0.15) is 12.4 Å². The lowest BCUT2D eigenvalue weighted by molar-refractivity contribution is -0.136. The molecule has 7 nitrogen and oxygen atoms in total. The molecule has 1 amide bonds. The summed E-state index contributed by atoms with van der Waals surface area (Å²) in [6.45, 7) is 4.81. The Morgan fingerprint density at radius 2 is 1.91 bits per heavy atom. The minimum Gasteiger partial charge on any atom is -0.489 e. The Hall–Kier alpha value is -3.52. The summed E-state index contributed by atoms with van der Waals surface area (Å²) in [5.41, 5.74) is 3.76. The van der Waals surface area contributed by atoms with Crippen molar-refractivity contribution in [2.75, 3.05) is 20.7 Å². The summed E-state index contributed by atoms with van der Waals surface area (Å²) in [6.07, 6.45) is 0.213. The lowest BCUT2D eigenvalue weighted by Gasteiger charge is -2.36. The topological polar surface area (TPSA) is 71.4 Å². The van der Waals surface area contributed by atoms with Crippen LogP contribution in [-0.4, -0.2) is 47.5 Å². The summed E-state index contributed by atoms with van der Waals surface area (Å²) < 4.78 is 11.2. The molecule has 0 N–H and O–H groups in total. The van der Waals surface area contributed by atoms with Crippen molar-refractivity contribution in [2.24, 2.45) is 4.99 Å². The molecule has 0 fully saturated rings. The molecule has 1 unspecified atom stereocenters. The van der Waals surface area contributed by atoms with Crippen molar-refractivity contribution in [3.05, 3.63) is 88.1 Å². The first-order valence-corrected chi connectivity index (χ1v) is 12.3. The first-order valence-electron chi connectivity index (χ1n) is 11.5. The Morgan fingerprint density at radius 1 is 1.14 bits per heavy atom. The number of amides is 1. The summed E-state index contributed by atoms with van der Waals surface area (Å²) in [5.74, 6) is 0.251. The van der Waals surface area contributed by atoms with E-state index >= 15 is 0 Å².